The average Bonchev–Trinajstić information content (AvgIpc) is 2.36. The molecule has 17 heavy (non-hydrogen) atoms. The van der Waals surface area contributed by atoms with E-state index in [9.17, 15) is 4.79 Å². The molecule has 1 aromatic carbocycles. The Morgan fingerprint density at radius 3 is 2.88 bits per heavy atom. The molecule has 0 saturated heterocycles. The monoisotopic (exact) mass is 236 g/mol. The standard InChI is InChI=1S/C13H20N2O2/c1-3-10(7-8-14)13(16)15-11-5-4-6-12(9-11)17-2/h4-6,9-10H,3,7-8,14H2,1-2H3,(H,15,16). The van der Waals surface area contributed by atoms with Crippen LogP contribution >= 0.6 is 0 Å². The van der Waals surface area contributed by atoms with Crippen molar-refractivity contribution in [3.63, 3.8) is 0 Å². The molecule has 0 spiro atoms. The highest BCUT2D eigenvalue weighted by Gasteiger charge is 2.15. The number of methoxy groups -OCH3 is 1. The van der Waals surface area contributed by atoms with Gasteiger partial charge in [-0.3, -0.25) is 4.79 Å². The molecule has 4 heteroatoms. The zero-order valence-electron chi connectivity index (χ0n) is 10.4. The Balaban J connectivity index is 2.65. The van der Waals surface area contributed by atoms with Gasteiger partial charge in [0.1, 0.15) is 5.75 Å². The molecule has 4 nitrogen and oxygen atoms in total. The van der Waals surface area contributed by atoms with Crippen molar-refractivity contribution < 1.29 is 9.53 Å². The summed E-state index contributed by atoms with van der Waals surface area (Å²) in [6.07, 6.45) is 1.51. The van der Waals surface area contributed by atoms with Crippen molar-refractivity contribution in [2.24, 2.45) is 11.7 Å². The largest absolute Gasteiger partial charge is 0.497 e. The number of rotatable bonds is 6. The molecular weight excluding hydrogens is 216 g/mol. The lowest BCUT2D eigenvalue weighted by molar-refractivity contribution is -0.120. The SMILES string of the molecule is CCC(CCN)C(=O)Nc1cccc(OC)c1. The van der Waals surface area contributed by atoms with E-state index in [0.717, 1.165) is 17.9 Å². The fraction of sp³-hybridized carbons (Fsp3) is 0.462. The fourth-order valence-electron chi connectivity index (χ4n) is 1.67. The molecule has 0 heterocycles. The van der Waals surface area contributed by atoms with Crippen molar-refractivity contribution in [1.29, 1.82) is 0 Å². The molecule has 0 bridgehead atoms. The molecule has 0 aliphatic carbocycles. The van der Waals surface area contributed by atoms with Crippen molar-refractivity contribution in [1.82, 2.24) is 0 Å². The third-order valence-electron chi connectivity index (χ3n) is 2.72. The summed E-state index contributed by atoms with van der Waals surface area (Å²) in [5, 5.41) is 2.88. The minimum absolute atomic E-state index is 0.0196. The maximum absolute atomic E-state index is 11.9. The van der Waals surface area contributed by atoms with Crippen LogP contribution in [0.4, 0.5) is 5.69 Å². The molecule has 1 atom stereocenters. The average molecular weight is 236 g/mol. The summed E-state index contributed by atoms with van der Waals surface area (Å²) in [4.78, 5) is 11.9. The van der Waals surface area contributed by atoms with Gasteiger partial charge in [0.15, 0.2) is 0 Å². The van der Waals surface area contributed by atoms with Crippen molar-refractivity contribution >= 4 is 11.6 Å². The van der Waals surface area contributed by atoms with Gasteiger partial charge < -0.3 is 15.8 Å². The van der Waals surface area contributed by atoms with E-state index in [0.29, 0.717) is 13.0 Å². The summed E-state index contributed by atoms with van der Waals surface area (Å²) in [5.41, 5.74) is 6.24. The van der Waals surface area contributed by atoms with Crippen LogP contribution in [0, 0.1) is 5.92 Å². The second kappa shape index (κ2) is 6.91. The molecular formula is C13H20N2O2. The molecule has 1 amide bonds. The first-order valence-electron chi connectivity index (χ1n) is 5.86. The first-order valence-corrected chi connectivity index (χ1v) is 5.86. The Kier molecular flexibility index (Phi) is 5.49. The smallest absolute Gasteiger partial charge is 0.227 e. The van der Waals surface area contributed by atoms with Crippen LogP contribution in [0.3, 0.4) is 0 Å². The van der Waals surface area contributed by atoms with Gasteiger partial charge in [-0.2, -0.15) is 0 Å². The van der Waals surface area contributed by atoms with E-state index in [-0.39, 0.29) is 11.8 Å². The predicted octanol–water partition coefficient (Wildman–Crippen LogP) is 2.01. The van der Waals surface area contributed by atoms with Crippen LogP contribution in [0.15, 0.2) is 24.3 Å². The lowest BCUT2D eigenvalue weighted by Gasteiger charge is -2.14. The van der Waals surface area contributed by atoms with Crippen LogP contribution in [0.25, 0.3) is 0 Å². The molecule has 0 aliphatic rings. The summed E-state index contributed by atoms with van der Waals surface area (Å²) in [6.45, 7) is 2.52. The Hall–Kier alpha value is -1.55. The third kappa shape index (κ3) is 4.07. The number of ether oxygens (including phenoxy) is 1. The fourth-order valence-corrected chi connectivity index (χ4v) is 1.67. The number of carbonyl (C=O) groups is 1. The summed E-state index contributed by atoms with van der Waals surface area (Å²) in [5.74, 6) is 0.729. The van der Waals surface area contributed by atoms with Crippen LogP contribution in [-0.2, 0) is 4.79 Å². The van der Waals surface area contributed by atoms with Crippen LogP contribution in [0.2, 0.25) is 0 Å². The van der Waals surface area contributed by atoms with Crippen LogP contribution in [-0.4, -0.2) is 19.6 Å². The molecule has 3 N–H and O–H groups in total. The minimum Gasteiger partial charge on any atom is -0.497 e. The summed E-state index contributed by atoms with van der Waals surface area (Å²) in [7, 11) is 1.60. The van der Waals surface area contributed by atoms with Gasteiger partial charge in [0, 0.05) is 17.7 Å². The van der Waals surface area contributed by atoms with Gasteiger partial charge in [0.05, 0.1) is 7.11 Å². The quantitative estimate of drug-likeness (QED) is 0.794. The maximum atomic E-state index is 11.9. The number of nitrogens with one attached hydrogen (secondary N) is 1. The van der Waals surface area contributed by atoms with Gasteiger partial charge in [-0.05, 0) is 31.5 Å². The first-order chi connectivity index (χ1) is 8.21. The highest BCUT2D eigenvalue weighted by Crippen LogP contribution is 2.18. The number of hydrogen-bond donors (Lipinski definition) is 2. The van der Waals surface area contributed by atoms with E-state index in [1.165, 1.54) is 0 Å². The molecule has 0 saturated carbocycles. The highest BCUT2D eigenvalue weighted by atomic mass is 16.5. The molecule has 1 aromatic rings. The number of anilines is 1. The van der Waals surface area contributed by atoms with E-state index < -0.39 is 0 Å². The molecule has 0 aliphatic heterocycles. The maximum Gasteiger partial charge on any atom is 0.227 e. The Morgan fingerprint density at radius 2 is 2.29 bits per heavy atom. The zero-order chi connectivity index (χ0) is 12.7. The normalized spacial score (nSPS) is 11.9. The third-order valence-corrected chi connectivity index (χ3v) is 2.72. The van der Waals surface area contributed by atoms with Gasteiger partial charge in [-0.25, -0.2) is 0 Å². The van der Waals surface area contributed by atoms with Crippen LogP contribution < -0.4 is 15.8 Å². The van der Waals surface area contributed by atoms with Gasteiger partial charge in [0.25, 0.3) is 0 Å². The van der Waals surface area contributed by atoms with Gasteiger partial charge in [0.2, 0.25) is 5.91 Å². The lowest BCUT2D eigenvalue weighted by Crippen LogP contribution is -2.24. The van der Waals surface area contributed by atoms with E-state index in [4.69, 9.17) is 10.5 Å². The van der Waals surface area contributed by atoms with Crippen LogP contribution in [0.5, 0.6) is 5.75 Å². The summed E-state index contributed by atoms with van der Waals surface area (Å²) < 4.78 is 5.10. The Morgan fingerprint density at radius 1 is 1.53 bits per heavy atom. The topological polar surface area (TPSA) is 64.4 Å². The Bertz CT molecular complexity index is 366. The molecule has 0 aromatic heterocycles. The number of amides is 1. The van der Waals surface area contributed by atoms with E-state index in [1.807, 2.05) is 25.1 Å². The predicted molar refractivity (Wildman–Crippen MR) is 69.1 cm³/mol. The van der Waals surface area contributed by atoms with Gasteiger partial charge in [-0.15, -0.1) is 0 Å². The molecule has 0 radical (unpaired) electrons. The van der Waals surface area contributed by atoms with Gasteiger partial charge in [-0.1, -0.05) is 13.0 Å². The number of hydrogen-bond acceptors (Lipinski definition) is 3. The number of carbonyl (C=O) groups excluding carboxylic acids is 1. The van der Waals surface area contributed by atoms with E-state index >= 15 is 0 Å². The first kappa shape index (κ1) is 13.5. The molecule has 1 unspecified atom stereocenters. The van der Waals surface area contributed by atoms with Crippen LogP contribution in [0.1, 0.15) is 19.8 Å². The van der Waals surface area contributed by atoms with Crippen molar-refractivity contribution in [2.75, 3.05) is 19.0 Å². The van der Waals surface area contributed by atoms with Crippen molar-refractivity contribution in [2.45, 2.75) is 19.8 Å². The number of nitrogens with two attached hydrogens (primary N) is 1. The molecule has 0 fully saturated rings. The molecule has 94 valence electrons. The minimum atomic E-state index is -0.0220. The van der Waals surface area contributed by atoms with Gasteiger partial charge >= 0.3 is 0 Å². The second-order valence-corrected chi connectivity index (χ2v) is 3.90. The summed E-state index contributed by atoms with van der Waals surface area (Å²) in [6, 6.07) is 7.33. The van der Waals surface area contributed by atoms with E-state index in [1.54, 1.807) is 13.2 Å². The molecule has 1 rings (SSSR count). The second-order valence-electron chi connectivity index (χ2n) is 3.90. The van der Waals surface area contributed by atoms with Crippen molar-refractivity contribution in [3.05, 3.63) is 24.3 Å². The summed E-state index contributed by atoms with van der Waals surface area (Å²) >= 11 is 0. The van der Waals surface area contributed by atoms with E-state index in [2.05, 4.69) is 5.32 Å². The Labute approximate surface area is 102 Å². The zero-order valence-corrected chi connectivity index (χ0v) is 10.4. The lowest BCUT2D eigenvalue weighted by atomic mass is 10.0. The number of benzene rings is 1. The highest BCUT2D eigenvalue weighted by molar-refractivity contribution is 5.92. The van der Waals surface area contributed by atoms with Crippen molar-refractivity contribution in [3.8, 4) is 5.75 Å².